The molecule has 4 aromatic carbocycles. The van der Waals surface area contributed by atoms with E-state index >= 15 is 0 Å². The number of aryl methyl sites for hydroxylation is 1. The number of ether oxygens (including phenoxy) is 1. The maximum absolute atomic E-state index is 14.6. The molecule has 14 heteroatoms. The van der Waals surface area contributed by atoms with Gasteiger partial charge in [-0.1, -0.05) is 72.6 Å². The molecule has 1 N–H and O–H groups in total. The number of nitrogens with one attached hydrogen (secondary N) is 1. The van der Waals surface area contributed by atoms with Crippen molar-refractivity contribution in [3.63, 3.8) is 0 Å². The van der Waals surface area contributed by atoms with Crippen LogP contribution in [0.4, 0.5) is 11.4 Å². The van der Waals surface area contributed by atoms with E-state index in [0.717, 1.165) is 15.9 Å². The summed E-state index contributed by atoms with van der Waals surface area (Å²) in [5.74, 6) is -0.760. The highest BCUT2D eigenvalue weighted by molar-refractivity contribution is 7.92. The first kappa shape index (κ1) is 37.2. The Morgan fingerprint density at radius 2 is 1.61 bits per heavy atom. The van der Waals surface area contributed by atoms with Gasteiger partial charge in [0.25, 0.3) is 15.7 Å². The summed E-state index contributed by atoms with van der Waals surface area (Å²) in [6, 6.07) is 22.4. The zero-order valence-corrected chi connectivity index (χ0v) is 29.5. The Morgan fingerprint density at radius 1 is 0.959 bits per heavy atom. The van der Waals surface area contributed by atoms with Crippen LogP contribution in [0.15, 0.2) is 95.9 Å². The van der Waals surface area contributed by atoms with E-state index in [4.69, 9.17) is 27.9 Å². The van der Waals surface area contributed by atoms with Crippen LogP contribution in [-0.4, -0.2) is 56.3 Å². The molecule has 0 heterocycles. The standard InChI is InChI=1S/C35H36Cl2N4O7S/c1-4-19-38-35(43)33(20-25-9-6-5-7-10-25)39(22-29-30(36)11-8-12-31(29)37)34(42)23-40(26-14-16-27(48-3)17-15-26)49(46,47)28-18-13-24(2)32(21-28)41(44)45/h5-18,21,33H,4,19-20,22-23H2,1-3H3,(H,38,43)/t33-/m1/s1. The molecule has 4 aromatic rings. The van der Waals surface area contributed by atoms with Gasteiger partial charge in [0, 0.05) is 46.7 Å². The predicted octanol–water partition coefficient (Wildman–Crippen LogP) is 6.58. The monoisotopic (exact) mass is 726 g/mol. The zero-order valence-electron chi connectivity index (χ0n) is 27.1. The summed E-state index contributed by atoms with van der Waals surface area (Å²) >= 11 is 13.1. The van der Waals surface area contributed by atoms with E-state index in [1.165, 1.54) is 55.3 Å². The molecule has 258 valence electrons. The van der Waals surface area contributed by atoms with Crippen molar-refractivity contribution in [2.24, 2.45) is 0 Å². The van der Waals surface area contributed by atoms with Gasteiger partial charge in [0.05, 0.1) is 22.6 Å². The summed E-state index contributed by atoms with van der Waals surface area (Å²) < 4.78 is 34.7. The van der Waals surface area contributed by atoms with Gasteiger partial charge in [-0.25, -0.2) is 8.42 Å². The molecule has 0 saturated heterocycles. The van der Waals surface area contributed by atoms with Gasteiger partial charge in [-0.3, -0.25) is 24.0 Å². The largest absolute Gasteiger partial charge is 0.497 e. The van der Waals surface area contributed by atoms with Crippen LogP contribution in [0.25, 0.3) is 0 Å². The number of hydrogen-bond acceptors (Lipinski definition) is 7. The minimum Gasteiger partial charge on any atom is -0.497 e. The molecule has 0 aliphatic heterocycles. The maximum Gasteiger partial charge on any atom is 0.273 e. The molecule has 0 saturated carbocycles. The Labute approximate surface area is 295 Å². The van der Waals surface area contributed by atoms with Gasteiger partial charge in [-0.2, -0.15) is 0 Å². The highest BCUT2D eigenvalue weighted by Gasteiger charge is 2.35. The molecular weight excluding hydrogens is 691 g/mol. The third kappa shape index (κ3) is 9.08. The van der Waals surface area contributed by atoms with Crippen LogP contribution in [0, 0.1) is 17.0 Å². The number of anilines is 1. The van der Waals surface area contributed by atoms with Gasteiger partial charge >= 0.3 is 0 Å². The van der Waals surface area contributed by atoms with Crippen molar-refractivity contribution in [1.82, 2.24) is 10.2 Å². The van der Waals surface area contributed by atoms with E-state index in [2.05, 4.69) is 5.32 Å². The lowest BCUT2D eigenvalue weighted by Crippen LogP contribution is -2.53. The van der Waals surface area contributed by atoms with Crippen LogP contribution in [0.1, 0.15) is 30.0 Å². The van der Waals surface area contributed by atoms with Crippen LogP contribution in [0.2, 0.25) is 10.0 Å². The van der Waals surface area contributed by atoms with Crippen LogP contribution in [-0.2, 0) is 32.6 Å². The van der Waals surface area contributed by atoms with E-state index in [0.29, 0.717) is 24.3 Å². The van der Waals surface area contributed by atoms with Crippen molar-refractivity contribution in [1.29, 1.82) is 0 Å². The molecule has 11 nitrogen and oxygen atoms in total. The highest BCUT2D eigenvalue weighted by Crippen LogP contribution is 2.31. The van der Waals surface area contributed by atoms with E-state index in [9.17, 15) is 28.1 Å². The first-order valence-corrected chi connectivity index (χ1v) is 17.5. The third-order valence-corrected chi connectivity index (χ3v) is 10.3. The van der Waals surface area contributed by atoms with Gasteiger partial charge in [-0.05, 0) is 61.4 Å². The second-order valence-electron chi connectivity index (χ2n) is 11.1. The van der Waals surface area contributed by atoms with E-state index in [1.807, 2.05) is 37.3 Å². The summed E-state index contributed by atoms with van der Waals surface area (Å²) in [6.07, 6.45) is 0.740. The van der Waals surface area contributed by atoms with E-state index in [-0.39, 0.29) is 34.3 Å². The molecule has 0 unspecified atom stereocenters. The summed E-state index contributed by atoms with van der Waals surface area (Å²) in [5.41, 5.74) is 1.08. The Balaban J connectivity index is 1.87. The molecule has 0 radical (unpaired) electrons. The van der Waals surface area contributed by atoms with Gasteiger partial charge < -0.3 is 15.0 Å². The Morgan fingerprint density at radius 3 is 2.20 bits per heavy atom. The molecule has 0 bridgehead atoms. The number of benzene rings is 4. The molecule has 0 aromatic heterocycles. The molecule has 0 aliphatic carbocycles. The topological polar surface area (TPSA) is 139 Å². The SMILES string of the molecule is CCCNC(=O)[C@@H](Cc1ccccc1)N(Cc1c(Cl)cccc1Cl)C(=O)CN(c1ccc(OC)cc1)S(=O)(=O)c1ccc(C)c([N+](=O)[O-])c1. The van der Waals surface area contributed by atoms with Gasteiger partial charge in [-0.15, -0.1) is 0 Å². The van der Waals surface area contributed by atoms with Crippen molar-refractivity contribution in [3.05, 3.63) is 128 Å². The smallest absolute Gasteiger partial charge is 0.273 e. The van der Waals surface area contributed by atoms with Crippen LogP contribution in [0.3, 0.4) is 0 Å². The van der Waals surface area contributed by atoms with Crippen LogP contribution in [0.5, 0.6) is 5.75 Å². The van der Waals surface area contributed by atoms with Crippen LogP contribution < -0.4 is 14.4 Å². The number of hydrogen-bond donors (Lipinski definition) is 1. The molecule has 0 fully saturated rings. The molecule has 49 heavy (non-hydrogen) atoms. The number of methoxy groups -OCH3 is 1. The number of nitrogens with zero attached hydrogens (tertiary/aromatic N) is 3. The minimum atomic E-state index is -4.60. The fraction of sp³-hybridized carbons (Fsp3) is 0.257. The predicted molar refractivity (Wildman–Crippen MR) is 190 cm³/mol. The summed E-state index contributed by atoms with van der Waals surface area (Å²) in [5, 5.41) is 15.1. The Bertz CT molecular complexity index is 1890. The van der Waals surface area contributed by atoms with Gasteiger partial charge in [0.2, 0.25) is 11.8 Å². The molecular formula is C35H36Cl2N4O7S. The van der Waals surface area contributed by atoms with Crippen LogP contribution >= 0.6 is 23.2 Å². The first-order chi connectivity index (χ1) is 23.4. The summed E-state index contributed by atoms with van der Waals surface area (Å²) in [7, 11) is -3.14. The van der Waals surface area contributed by atoms with Crippen molar-refractivity contribution in [2.75, 3.05) is 24.5 Å². The lowest BCUT2D eigenvalue weighted by Gasteiger charge is -2.34. The number of halogens is 2. The molecule has 2 amide bonds. The molecule has 0 aliphatic rings. The van der Waals surface area contributed by atoms with E-state index in [1.54, 1.807) is 18.2 Å². The minimum absolute atomic E-state index is 0.0862. The second-order valence-corrected chi connectivity index (χ2v) is 13.8. The average molecular weight is 728 g/mol. The highest BCUT2D eigenvalue weighted by atomic mass is 35.5. The number of nitro groups is 1. The quantitative estimate of drug-likeness (QED) is 0.108. The maximum atomic E-state index is 14.6. The molecule has 4 rings (SSSR count). The van der Waals surface area contributed by atoms with Gasteiger partial charge in [0.15, 0.2) is 0 Å². The molecule has 0 spiro atoms. The fourth-order valence-electron chi connectivity index (χ4n) is 5.12. The van der Waals surface area contributed by atoms with Crippen molar-refractivity contribution < 1.29 is 27.7 Å². The van der Waals surface area contributed by atoms with Crippen molar-refractivity contribution in [2.45, 2.75) is 44.2 Å². The Kier molecular flexibility index (Phi) is 12.6. The number of sulfonamides is 1. The van der Waals surface area contributed by atoms with Gasteiger partial charge in [0.1, 0.15) is 18.3 Å². The fourth-order valence-corrected chi connectivity index (χ4v) is 7.08. The lowest BCUT2D eigenvalue weighted by atomic mass is 10.0. The molecule has 1 atom stereocenters. The first-order valence-electron chi connectivity index (χ1n) is 15.3. The number of amides is 2. The normalized spacial score (nSPS) is 11.8. The average Bonchev–Trinajstić information content (AvgIpc) is 3.09. The van der Waals surface area contributed by atoms with Crippen molar-refractivity contribution in [3.8, 4) is 5.75 Å². The summed E-state index contributed by atoms with van der Waals surface area (Å²) in [4.78, 5) is 40.4. The second kappa shape index (κ2) is 16.6. The van der Waals surface area contributed by atoms with E-state index < -0.39 is 49.9 Å². The number of carbonyl (C=O) groups is 2. The Hall–Kier alpha value is -4.65. The number of nitro benzene ring substituents is 1. The number of carbonyl (C=O) groups excluding carboxylic acids is 2. The third-order valence-electron chi connectivity index (χ3n) is 7.82. The summed E-state index contributed by atoms with van der Waals surface area (Å²) in [6.45, 7) is 2.74. The zero-order chi connectivity index (χ0) is 35.7. The van der Waals surface area contributed by atoms with Crippen molar-refractivity contribution >= 4 is 56.4 Å². The number of rotatable bonds is 15. The lowest BCUT2D eigenvalue weighted by molar-refractivity contribution is -0.385.